The van der Waals surface area contributed by atoms with Crippen LogP contribution in [-0.4, -0.2) is 29.2 Å². The molecule has 1 aliphatic rings. The lowest BCUT2D eigenvalue weighted by Gasteiger charge is -2.15. The van der Waals surface area contributed by atoms with Crippen molar-refractivity contribution in [2.75, 3.05) is 13.2 Å². The Bertz CT molecular complexity index is 1360. The number of halogens is 3. The molecule has 1 heterocycles. The van der Waals surface area contributed by atoms with E-state index in [-0.39, 0.29) is 30.9 Å². The van der Waals surface area contributed by atoms with Crippen molar-refractivity contribution >= 4 is 68.1 Å². The highest BCUT2D eigenvalue weighted by Gasteiger charge is 2.35. The number of hydrogen-bond donors (Lipinski definition) is 0. The molecule has 0 saturated carbocycles. The lowest BCUT2D eigenvalue weighted by atomic mass is 10.1. The highest BCUT2D eigenvalue weighted by atomic mass is 79.9. The molecule has 5 nitrogen and oxygen atoms in total. The second-order valence-corrected chi connectivity index (χ2v) is 10.9. The first kappa shape index (κ1) is 26.6. The molecule has 0 radical (unpaired) electrons. The van der Waals surface area contributed by atoms with E-state index in [1.165, 1.54) is 4.90 Å². The Kier molecular flexibility index (Phi) is 8.67. The first-order chi connectivity index (χ1) is 17.2. The highest BCUT2D eigenvalue weighted by Crippen LogP contribution is 2.35. The van der Waals surface area contributed by atoms with Gasteiger partial charge >= 0.3 is 0 Å². The number of imide groups is 1. The molecule has 0 N–H and O–H groups in total. The number of hydrogen-bond acceptors (Lipinski definition) is 5. The average Bonchev–Trinajstić information content (AvgIpc) is 3.09. The van der Waals surface area contributed by atoms with E-state index in [1.54, 1.807) is 30.3 Å². The topological polar surface area (TPSA) is 55.8 Å². The van der Waals surface area contributed by atoms with Gasteiger partial charge in [-0.05, 0) is 79.2 Å². The van der Waals surface area contributed by atoms with Crippen LogP contribution in [0.25, 0.3) is 6.08 Å². The molecule has 0 atom stereocenters. The molecule has 9 heteroatoms. The molecule has 2 amide bonds. The Balaban J connectivity index is 1.46. The number of rotatable bonds is 8. The van der Waals surface area contributed by atoms with Crippen molar-refractivity contribution in [2.24, 2.45) is 0 Å². The fourth-order valence-corrected chi connectivity index (χ4v) is 5.20. The van der Waals surface area contributed by atoms with Crippen molar-refractivity contribution in [2.45, 2.75) is 20.5 Å². The second-order valence-electron chi connectivity index (χ2n) is 8.16. The lowest BCUT2D eigenvalue weighted by Crippen LogP contribution is -2.32. The lowest BCUT2D eigenvalue weighted by molar-refractivity contribution is -0.123. The minimum Gasteiger partial charge on any atom is -0.491 e. The van der Waals surface area contributed by atoms with Gasteiger partial charge in [-0.1, -0.05) is 57.3 Å². The van der Waals surface area contributed by atoms with Crippen LogP contribution < -0.4 is 9.47 Å². The van der Waals surface area contributed by atoms with Gasteiger partial charge in [0.1, 0.15) is 24.7 Å². The summed E-state index contributed by atoms with van der Waals surface area (Å²) in [6, 6.07) is 16.6. The predicted octanol–water partition coefficient (Wildman–Crippen LogP) is 8.07. The van der Waals surface area contributed by atoms with Crippen LogP contribution in [0.15, 0.2) is 64.0 Å². The quantitative estimate of drug-likeness (QED) is 0.243. The summed E-state index contributed by atoms with van der Waals surface area (Å²) in [6.07, 6.45) is 1.67. The minimum atomic E-state index is -0.360. The van der Waals surface area contributed by atoms with Gasteiger partial charge in [0.25, 0.3) is 11.1 Å². The van der Waals surface area contributed by atoms with Crippen molar-refractivity contribution in [3.63, 3.8) is 0 Å². The maximum atomic E-state index is 13.0. The Labute approximate surface area is 232 Å². The smallest absolute Gasteiger partial charge is 0.293 e. The summed E-state index contributed by atoms with van der Waals surface area (Å²) >= 11 is 16.6. The van der Waals surface area contributed by atoms with Crippen LogP contribution >= 0.6 is 50.9 Å². The monoisotopic (exact) mass is 605 g/mol. The van der Waals surface area contributed by atoms with Crippen LogP contribution in [0.5, 0.6) is 11.5 Å². The molecule has 1 aliphatic heterocycles. The number of benzene rings is 3. The number of ether oxygens (including phenoxy) is 2. The van der Waals surface area contributed by atoms with Gasteiger partial charge in [-0.3, -0.25) is 14.5 Å². The Morgan fingerprint density at radius 2 is 1.78 bits per heavy atom. The van der Waals surface area contributed by atoms with E-state index in [1.807, 2.05) is 44.2 Å². The van der Waals surface area contributed by atoms with Gasteiger partial charge in [0.05, 0.1) is 11.4 Å². The Morgan fingerprint density at radius 3 is 2.56 bits per heavy atom. The van der Waals surface area contributed by atoms with E-state index >= 15 is 0 Å². The molecule has 186 valence electrons. The van der Waals surface area contributed by atoms with Crippen LogP contribution in [0.3, 0.4) is 0 Å². The molecule has 0 aliphatic carbocycles. The van der Waals surface area contributed by atoms with Gasteiger partial charge < -0.3 is 9.47 Å². The van der Waals surface area contributed by atoms with E-state index in [9.17, 15) is 9.59 Å². The Morgan fingerprint density at radius 1 is 0.972 bits per heavy atom. The van der Waals surface area contributed by atoms with Crippen LogP contribution in [0.1, 0.15) is 22.3 Å². The molecule has 0 unspecified atom stereocenters. The average molecular weight is 607 g/mol. The zero-order chi connectivity index (χ0) is 25.8. The van der Waals surface area contributed by atoms with Crippen LogP contribution in [-0.2, 0) is 11.4 Å². The van der Waals surface area contributed by atoms with Crippen molar-refractivity contribution in [3.8, 4) is 11.5 Å². The van der Waals surface area contributed by atoms with Crippen molar-refractivity contribution in [3.05, 3.63) is 96.3 Å². The molecule has 0 bridgehead atoms. The van der Waals surface area contributed by atoms with Gasteiger partial charge in [0.2, 0.25) is 0 Å². The third-order valence-electron chi connectivity index (χ3n) is 5.45. The summed E-state index contributed by atoms with van der Waals surface area (Å²) in [6.45, 7) is 4.53. The van der Waals surface area contributed by atoms with Crippen molar-refractivity contribution in [1.82, 2.24) is 4.90 Å². The number of carbonyl (C=O) groups excluding carboxylic acids is 2. The van der Waals surface area contributed by atoms with Gasteiger partial charge in [0.15, 0.2) is 0 Å². The summed E-state index contributed by atoms with van der Waals surface area (Å²) < 4.78 is 12.6. The maximum absolute atomic E-state index is 13.0. The van der Waals surface area contributed by atoms with E-state index in [0.29, 0.717) is 26.3 Å². The van der Waals surface area contributed by atoms with Crippen LogP contribution in [0.4, 0.5) is 4.79 Å². The molecule has 1 fully saturated rings. The SMILES string of the molecule is Cc1ccc(C)c(OCCN2C(=O)S/C(=C\c3cc(Br)ccc3OCc3ccc(Cl)cc3Cl)C2=O)c1. The van der Waals surface area contributed by atoms with Gasteiger partial charge in [-0.15, -0.1) is 0 Å². The minimum absolute atomic E-state index is 0.159. The fraction of sp³-hybridized carbons (Fsp3) is 0.185. The van der Waals surface area contributed by atoms with Crippen LogP contribution in [0.2, 0.25) is 10.0 Å². The standard InChI is InChI=1S/C27H22BrCl2NO4S/c1-16-3-4-17(2)24(11-16)34-10-9-31-26(32)25(36-27(31)33)13-19-12-20(28)6-8-23(19)35-15-18-5-7-21(29)14-22(18)30/h3-8,11-14H,9-10,15H2,1-2H3/b25-13-. The third kappa shape index (κ3) is 6.45. The number of amides is 2. The summed E-state index contributed by atoms with van der Waals surface area (Å²) in [5.41, 5.74) is 3.51. The summed E-state index contributed by atoms with van der Waals surface area (Å²) in [4.78, 5) is 27.1. The summed E-state index contributed by atoms with van der Waals surface area (Å²) in [5, 5.41) is 0.717. The summed E-state index contributed by atoms with van der Waals surface area (Å²) in [7, 11) is 0. The van der Waals surface area contributed by atoms with E-state index in [4.69, 9.17) is 32.7 Å². The molecule has 3 aromatic rings. The first-order valence-corrected chi connectivity index (χ1v) is 13.4. The van der Waals surface area contributed by atoms with Crippen LogP contribution in [0, 0.1) is 13.8 Å². The number of nitrogens with zero attached hydrogens (tertiary/aromatic N) is 1. The zero-order valence-electron chi connectivity index (χ0n) is 19.5. The number of aryl methyl sites for hydroxylation is 2. The van der Waals surface area contributed by atoms with E-state index < -0.39 is 0 Å². The van der Waals surface area contributed by atoms with Crippen molar-refractivity contribution < 1.29 is 19.1 Å². The highest BCUT2D eigenvalue weighted by molar-refractivity contribution is 9.10. The van der Waals surface area contributed by atoms with E-state index in [0.717, 1.165) is 38.7 Å². The number of thioether (sulfide) groups is 1. The molecule has 1 saturated heterocycles. The number of carbonyl (C=O) groups is 2. The summed E-state index contributed by atoms with van der Waals surface area (Å²) in [5.74, 6) is 0.935. The van der Waals surface area contributed by atoms with Gasteiger partial charge in [0, 0.05) is 25.6 Å². The largest absolute Gasteiger partial charge is 0.491 e. The second kappa shape index (κ2) is 11.7. The zero-order valence-corrected chi connectivity index (χ0v) is 23.4. The molecular weight excluding hydrogens is 585 g/mol. The molecule has 3 aromatic carbocycles. The fourth-order valence-electron chi connectivity index (χ4n) is 3.50. The maximum Gasteiger partial charge on any atom is 0.293 e. The normalized spacial score (nSPS) is 14.6. The molecule has 4 rings (SSSR count). The first-order valence-electron chi connectivity index (χ1n) is 11.0. The van der Waals surface area contributed by atoms with Gasteiger partial charge in [-0.25, -0.2) is 0 Å². The molecule has 36 heavy (non-hydrogen) atoms. The van der Waals surface area contributed by atoms with Crippen molar-refractivity contribution in [1.29, 1.82) is 0 Å². The Hall–Kier alpha value is -2.45. The molecule has 0 aromatic heterocycles. The van der Waals surface area contributed by atoms with E-state index in [2.05, 4.69) is 15.9 Å². The molecular formula is C27H22BrCl2NO4S. The molecule has 0 spiro atoms. The third-order valence-corrected chi connectivity index (χ3v) is 7.43. The predicted molar refractivity (Wildman–Crippen MR) is 149 cm³/mol. The van der Waals surface area contributed by atoms with Gasteiger partial charge in [-0.2, -0.15) is 0 Å².